The standard InChI is InChI=1S/C28H33ClN4O3/c1-18(2)24(31-25(34)20-7-5-6-19(16-20)23-12-14-30-32-23)26(35)33-15-13-28(36,27(3,4)17-33)21-8-10-22(29)11-9-21/h5-12,14,16,18,24,36H,13,15,17H2,1-4H3,(H,30,32)(H,31,34)/t24-,28+/m1/s1. The average Bonchev–Trinajstić information content (AvgIpc) is 3.39. The predicted molar refractivity (Wildman–Crippen MR) is 140 cm³/mol. The molecule has 1 fully saturated rings. The molecule has 1 aliphatic heterocycles. The zero-order valence-electron chi connectivity index (χ0n) is 21.1. The second-order valence-corrected chi connectivity index (χ2v) is 10.9. The lowest BCUT2D eigenvalue weighted by molar-refractivity contribution is -0.155. The number of amides is 2. The van der Waals surface area contributed by atoms with Crippen LogP contribution in [0.25, 0.3) is 11.3 Å². The SMILES string of the molecule is CC(C)[C@@H](NC(=O)c1cccc(-c2ccn[nH]2)c1)C(=O)N1CC[C@](O)(c2ccc(Cl)cc2)C(C)(C)C1. The summed E-state index contributed by atoms with van der Waals surface area (Å²) in [5, 5.41) is 22.1. The van der Waals surface area contributed by atoms with Crippen LogP contribution in [-0.4, -0.2) is 51.1 Å². The van der Waals surface area contributed by atoms with E-state index in [1.807, 2.05) is 58.0 Å². The first-order valence-corrected chi connectivity index (χ1v) is 12.6. The number of aromatic nitrogens is 2. The van der Waals surface area contributed by atoms with Gasteiger partial charge in [-0.15, -0.1) is 0 Å². The van der Waals surface area contributed by atoms with E-state index in [2.05, 4.69) is 15.5 Å². The first kappa shape index (κ1) is 25.9. The summed E-state index contributed by atoms with van der Waals surface area (Å²) < 4.78 is 0. The third-order valence-corrected chi connectivity index (χ3v) is 7.49. The number of halogens is 1. The van der Waals surface area contributed by atoms with Crippen LogP contribution < -0.4 is 5.32 Å². The van der Waals surface area contributed by atoms with E-state index in [0.717, 1.165) is 16.8 Å². The summed E-state index contributed by atoms with van der Waals surface area (Å²) in [5.41, 5.74) is 1.19. The Bertz CT molecular complexity index is 1220. The number of hydrogen-bond donors (Lipinski definition) is 3. The molecule has 2 aromatic carbocycles. The number of likely N-dealkylation sites (tertiary alicyclic amines) is 1. The van der Waals surface area contributed by atoms with E-state index in [1.165, 1.54) is 0 Å². The zero-order chi connectivity index (χ0) is 26.1. The molecular weight excluding hydrogens is 476 g/mol. The third kappa shape index (κ3) is 5.04. The molecule has 0 unspecified atom stereocenters. The number of piperidine rings is 1. The van der Waals surface area contributed by atoms with Gasteiger partial charge < -0.3 is 15.3 Å². The first-order chi connectivity index (χ1) is 17.0. The van der Waals surface area contributed by atoms with Crippen molar-refractivity contribution in [3.63, 3.8) is 0 Å². The van der Waals surface area contributed by atoms with E-state index >= 15 is 0 Å². The summed E-state index contributed by atoms with van der Waals surface area (Å²) in [7, 11) is 0. The van der Waals surface area contributed by atoms with Gasteiger partial charge in [0.05, 0.1) is 11.3 Å². The second-order valence-electron chi connectivity index (χ2n) is 10.5. The van der Waals surface area contributed by atoms with Gasteiger partial charge in [-0.25, -0.2) is 0 Å². The molecule has 2 atom stereocenters. The van der Waals surface area contributed by atoms with Crippen LogP contribution in [0.15, 0.2) is 60.8 Å². The molecule has 7 nitrogen and oxygen atoms in total. The van der Waals surface area contributed by atoms with Crippen LogP contribution in [0.1, 0.15) is 50.0 Å². The van der Waals surface area contributed by atoms with Gasteiger partial charge >= 0.3 is 0 Å². The van der Waals surface area contributed by atoms with E-state index in [9.17, 15) is 14.7 Å². The number of carbonyl (C=O) groups is 2. The molecule has 3 aromatic rings. The van der Waals surface area contributed by atoms with Crippen molar-refractivity contribution >= 4 is 23.4 Å². The van der Waals surface area contributed by atoms with Crippen LogP contribution >= 0.6 is 11.6 Å². The number of nitrogens with zero attached hydrogens (tertiary/aromatic N) is 2. The Balaban J connectivity index is 1.50. The lowest BCUT2D eigenvalue weighted by Crippen LogP contribution is -2.60. The molecule has 36 heavy (non-hydrogen) atoms. The molecular formula is C28H33ClN4O3. The predicted octanol–water partition coefficient (Wildman–Crippen LogP) is 4.63. The molecule has 0 spiro atoms. The minimum Gasteiger partial charge on any atom is -0.384 e. The number of H-pyrrole nitrogens is 1. The van der Waals surface area contributed by atoms with Crippen LogP contribution in [0.3, 0.4) is 0 Å². The molecule has 2 amide bonds. The van der Waals surface area contributed by atoms with Gasteiger partial charge in [0.25, 0.3) is 5.91 Å². The van der Waals surface area contributed by atoms with Gasteiger partial charge in [0.1, 0.15) is 6.04 Å². The molecule has 190 valence electrons. The fourth-order valence-electron chi connectivity index (χ4n) is 4.95. The summed E-state index contributed by atoms with van der Waals surface area (Å²) in [5.74, 6) is -0.566. The third-order valence-electron chi connectivity index (χ3n) is 7.24. The van der Waals surface area contributed by atoms with Crippen LogP contribution in [-0.2, 0) is 10.4 Å². The van der Waals surface area contributed by atoms with Crippen molar-refractivity contribution < 1.29 is 14.7 Å². The van der Waals surface area contributed by atoms with Crippen molar-refractivity contribution in [1.29, 1.82) is 0 Å². The minimum atomic E-state index is -1.10. The summed E-state index contributed by atoms with van der Waals surface area (Å²) in [6.45, 7) is 8.51. The van der Waals surface area contributed by atoms with Gasteiger partial charge in [-0.1, -0.05) is 63.6 Å². The molecule has 1 aliphatic rings. The van der Waals surface area contributed by atoms with Crippen LogP contribution in [0, 0.1) is 11.3 Å². The normalized spacial score (nSPS) is 20.2. The van der Waals surface area contributed by atoms with E-state index in [4.69, 9.17) is 11.6 Å². The molecule has 0 radical (unpaired) electrons. The van der Waals surface area contributed by atoms with Crippen molar-refractivity contribution in [2.75, 3.05) is 13.1 Å². The highest BCUT2D eigenvalue weighted by Gasteiger charge is 2.50. The summed E-state index contributed by atoms with van der Waals surface area (Å²) in [4.78, 5) is 28.6. The number of benzene rings is 2. The van der Waals surface area contributed by atoms with Crippen LogP contribution in [0.4, 0.5) is 0 Å². The van der Waals surface area contributed by atoms with Gasteiger partial charge in [0.2, 0.25) is 5.91 Å². The van der Waals surface area contributed by atoms with Gasteiger partial charge in [-0.2, -0.15) is 5.10 Å². The number of carbonyl (C=O) groups excluding carboxylic acids is 2. The van der Waals surface area contributed by atoms with Gasteiger partial charge in [0, 0.05) is 40.9 Å². The quantitative estimate of drug-likeness (QED) is 0.452. The summed E-state index contributed by atoms with van der Waals surface area (Å²) in [6.07, 6.45) is 2.04. The molecule has 0 aliphatic carbocycles. The highest BCUT2D eigenvalue weighted by Crippen LogP contribution is 2.46. The molecule has 4 rings (SSSR count). The lowest BCUT2D eigenvalue weighted by atomic mass is 9.66. The van der Waals surface area contributed by atoms with Gasteiger partial charge in [0.15, 0.2) is 0 Å². The maximum absolute atomic E-state index is 13.6. The van der Waals surface area contributed by atoms with Crippen LogP contribution in [0.5, 0.6) is 0 Å². The van der Waals surface area contributed by atoms with Gasteiger partial charge in [-0.3, -0.25) is 14.7 Å². The summed E-state index contributed by atoms with van der Waals surface area (Å²) in [6, 6.07) is 15.6. The summed E-state index contributed by atoms with van der Waals surface area (Å²) >= 11 is 6.04. The Morgan fingerprint density at radius 1 is 1.14 bits per heavy atom. The monoisotopic (exact) mass is 508 g/mol. The molecule has 2 heterocycles. The largest absolute Gasteiger partial charge is 0.384 e. The Labute approximate surface area is 216 Å². The van der Waals surface area contributed by atoms with Crippen LogP contribution in [0.2, 0.25) is 5.02 Å². The fourth-order valence-corrected chi connectivity index (χ4v) is 5.08. The van der Waals surface area contributed by atoms with E-state index in [1.54, 1.807) is 35.4 Å². The second kappa shape index (κ2) is 10.1. The number of aromatic amines is 1. The van der Waals surface area contributed by atoms with Crippen molar-refractivity contribution in [2.24, 2.45) is 11.3 Å². The van der Waals surface area contributed by atoms with Crippen molar-refractivity contribution in [1.82, 2.24) is 20.4 Å². The fraction of sp³-hybridized carbons (Fsp3) is 0.393. The van der Waals surface area contributed by atoms with E-state index in [-0.39, 0.29) is 17.7 Å². The number of nitrogens with one attached hydrogen (secondary N) is 2. The lowest BCUT2D eigenvalue weighted by Gasteiger charge is -2.51. The molecule has 3 N–H and O–H groups in total. The number of rotatable bonds is 6. The Hall–Kier alpha value is -3.16. The maximum Gasteiger partial charge on any atom is 0.251 e. The highest BCUT2D eigenvalue weighted by atomic mass is 35.5. The highest BCUT2D eigenvalue weighted by molar-refractivity contribution is 6.30. The zero-order valence-corrected chi connectivity index (χ0v) is 21.8. The Kier molecular flexibility index (Phi) is 7.25. The van der Waals surface area contributed by atoms with E-state index < -0.39 is 17.1 Å². The maximum atomic E-state index is 13.6. The molecule has 8 heteroatoms. The smallest absolute Gasteiger partial charge is 0.251 e. The minimum absolute atomic E-state index is 0.113. The molecule has 1 saturated heterocycles. The molecule has 1 aromatic heterocycles. The number of aliphatic hydroxyl groups is 1. The number of hydrogen-bond acceptors (Lipinski definition) is 4. The van der Waals surface area contributed by atoms with Gasteiger partial charge in [-0.05, 0) is 48.2 Å². The Morgan fingerprint density at radius 3 is 2.47 bits per heavy atom. The molecule has 0 saturated carbocycles. The van der Waals surface area contributed by atoms with E-state index in [0.29, 0.717) is 30.1 Å². The van der Waals surface area contributed by atoms with Crippen molar-refractivity contribution in [3.8, 4) is 11.3 Å². The molecule has 0 bridgehead atoms. The topological polar surface area (TPSA) is 98.3 Å². The van der Waals surface area contributed by atoms with Crippen molar-refractivity contribution in [3.05, 3.63) is 76.9 Å². The first-order valence-electron chi connectivity index (χ1n) is 12.2. The average molecular weight is 509 g/mol. The van der Waals surface area contributed by atoms with Crippen molar-refractivity contribution in [2.45, 2.75) is 45.8 Å². The Morgan fingerprint density at radius 2 is 1.86 bits per heavy atom.